The van der Waals surface area contributed by atoms with Crippen LogP contribution in [0.2, 0.25) is 0 Å². The van der Waals surface area contributed by atoms with Gasteiger partial charge in [0, 0.05) is 6.42 Å². The summed E-state index contributed by atoms with van der Waals surface area (Å²) in [7, 11) is 0. The van der Waals surface area contributed by atoms with Gasteiger partial charge in [0.05, 0.1) is 18.4 Å². The summed E-state index contributed by atoms with van der Waals surface area (Å²) >= 11 is 0. The molecule has 1 aromatic carbocycles. The standard InChI is InChI=1S/C24H30F4O4/c1-2-3-4-5-6-7-8-9-10-11-12-18-31-21(29)16-17-22(30)32-20-15-13-14-19(23(20)25)24(26,27)28/h13-15H,2-10,16-18H2,1H3. The van der Waals surface area contributed by atoms with E-state index in [9.17, 15) is 27.2 Å². The number of carbonyl (C=O) groups is 2. The first kappa shape index (κ1) is 27.5. The average Bonchev–Trinajstić information content (AvgIpc) is 2.73. The fourth-order valence-electron chi connectivity index (χ4n) is 2.86. The number of carbonyl (C=O) groups excluding carboxylic acids is 2. The highest BCUT2D eigenvalue weighted by atomic mass is 19.4. The zero-order valence-corrected chi connectivity index (χ0v) is 18.4. The zero-order chi connectivity index (χ0) is 23.8. The Balaban J connectivity index is 2.19. The Morgan fingerprint density at radius 1 is 0.906 bits per heavy atom. The maximum Gasteiger partial charge on any atom is 0.419 e. The molecule has 0 aliphatic rings. The number of halogens is 4. The molecule has 0 aromatic heterocycles. The van der Waals surface area contributed by atoms with Crippen LogP contribution >= 0.6 is 0 Å². The molecule has 0 aliphatic carbocycles. The summed E-state index contributed by atoms with van der Waals surface area (Å²) in [5, 5.41) is 0. The topological polar surface area (TPSA) is 52.6 Å². The predicted molar refractivity (Wildman–Crippen MR) is 112 cm³/mol. The van der Waals surface area contributed by atoms with Crippen LogP contribution in [0.15, 0.2) is 18.2 Å². The van der Waals surface area contributed by atoms with Crippen LogP contribution in [-0.2, 0) is 20.5 Å². The molecule has 1 aromatic rings. The third-order valence-electron chi connectivity index (χ3n) is 4.61. The summed E-state index contributed by atoms with van der Waals surface area (Å²) in [6.45, 7) is 2.09. The number of esters is 2. The van der Waals surface area contributed by atoms with Gasteiger partial charge in [0.1, 0.15) is 0 Å². The van der Waals surface area contributed by atoms with Crippen LogP contribution in [-0.4, -0.2) is 18.5 Å². The molecular weight excluding hydrogens is 428 g/mol. The van der Waals surface area contributed by atoms with E-state index in [1.807, 2.05) is 0 Å². The van der Waals surface area contributed by atoms with Crippen LogP contribution < -0.4 is 4.74 Å². The minimum atomic E-state index is -4.91. The molecule has 0 heterocycles. The fourth-order valence-corrected chi connectivity index (χ4v) is 2.86. The molecule has 0 bridgehead atoms. The van der Waals surface area contributed by atoms with Gasteiger partial charge in [0.2, 0.25) is 0 Å². The van der Waals surface area contributed by atoms with E-state index < -0.39 is 41.7 Å². The first-order valence-electron chi connectivity index (χ1n) is 10.9. The lowest BCUT2D eigenvalue weighted by molar-refractivity contribution is -0.146. The molecule has 8 heteroatoms. The highest BCUT2D eigenvalue weighted by molar-refractivity contribution is 5.79. The van der Waals surface area contributed by atoms with Crippen molar-refractivity contribution in [1.82, 2.24) is 0 Å². The zero-order valence-electron chi connectivity index (χ0n) is 18.4. The van der Waals surface area contributed by atoms with E-state index >= 15 is 0 Å². The minimum absolute atomic E-state index is 0.104. The average molecular weight is 458 g/mol. The smallest absolute Gasteiger partial charge is 0.419 e. The Labute approximate surface area is 186 Å². The van der Waals surface area contributed by atoms with E-state index in [4.69, 9.17) is 4.74 Å². The predicted octanol–water partition coefficient (Wildman–Crippen LogP) is 6.61. The molecular formula is C24H30F4O4. The summed E-state index contributed by atoms with van der Waals surface area (Å²) in [6, 6.07) is 2.37. The lowest BCUT2D eigenvalue weighted by Crippen LogP contribution is -2.15. The number of unbranched alkanes of at least 4 members (excludes halogenated alkanes) is 8. The largest absolute Gasteiger partial charge is 0.452 e. The van der Waals surface area contributed by atoms with E-state index in [1.54, 1.807) is 0 Å². The first-order valence-corrected chi connectivity index (χ1v) is 10.9. The van der Waals surface area contributed by atoms with E-state index in [2.05, 4.69) is 23.5 Å². The SMILES string of the molecule is CCCCCCCCCCC#CCOC(=O)CCC(=O)Oc1cccc(C(F)(F)F)c1F. The number of alkyl halides is 3. The van der Waals surface area contributed by atoms with Gasteiger partial charge in [-0.25, -0.2) is 4.39 Å². The van der Waals surface area contributed by atoms with Crippen molar-refractivity contribution in [2.75, 3.05) is 6.61 Å². The van der Waals surface area contributed by atoms with Crippen molar-refractivity contribution in [2.45, 2.75) is 83.7 Å². The van der Waals surface area contributed by atoms with Crippen LogP contribution in [0.4, 0.5) is 17.6 Å². The Bertz CT molecular complexity index is 778. The van der Waals surface area contributed by atoms with Crippen LogP contribution in [0.1, 0.15) is 83.1 Å². The van der Waals surface area contributed by atoms with Crippen molar-refractivity contribution in [2.24, 2.45) is 0 Å². The van der Waals surface area contributed by atoms with E-state index in [1.165, 1.54) is 38.5 Å². The van der Waals surface area contributed by atoms with Crippen LogP contribution in [0.25, 0.3) is 0 Å². The molecule has 0 saturated heterocycles. The van der Waals surface area contributed by atoms with Gasteiger partial charge in [-0.1, -0.05) is 69.8 Å². The molecule has 4 nitrogen and oxygen atoms in total. The number of hydrogen-bond donors (Lipinski definition) is 0. The monoisotopic (exact) mass is 458 g/mol. The lowest BCUT2D eigenvalue weighted by Gasteiger charge is -2.11. The van der Waals surface area contributed by atoms with Gasteiger partial charge in [-0.2, -0.15) is 13.2 Å². The lowest BCUT2D eigenvalue weighted by atomic mass is 10.1. The number of rotatable bonds is 13. The van der Waals surface area contributed by atoms with Gasteiger partial charge in [0.25, 0.3) is 0 Å². The van der Waals surface area contributed by atoms with Crippen LogP contribution in [0.3, 0.4) is 0 Å². The van der Waals surface area contributed by atoms with Gasteiger partial charge in [-0.05, 0) is 18.6 Å². The van der Waals surface area contributed by atoms with Gasteiger partial charge >= 0.3 is 18.1 Å². The molecule has 0 fully saturated rings. The van der Waals surface area contributed by atoms with Crippen molar-refractivity contribution in [3.05, 3.63) is 29.6 Å². The van der Waals surface area contributed by atoms with Gasteiger partial charge < -0.3 is 9.47 Å². The molecule has 32 heavy (non-hydrogen) atoms. The molecule has 0 radical (unpaired) electrons. The van der Waals surface area contributed by atoms with Crippen molar-refractivity contribution in [1.29, 1.82) is 0 Å². The highest BCUT2D eigenvalue weighted by Crippen LogP contribution is 2.34. The summed E-state index contributed by atoms with van der Waals surface area (Å²) in [4.78, 5) is 23.3. The number of benzene rings is 1. The Morgan fingerprint density at radius 3 is 2.19 bits per heavy atom. The molecule has 0 aliphatic heterocycles. The molecule has 1 rings (SSSR count). The summed E-state index contributed by atoms with van der Waals surface area (Å²) < 4.78 is 61.3. The third kappa shape index (κ3) is 11.7. The molecule has 0 atom stereocenters. The quantitative estimate of drug-likeness (QED) is 0.110. The van der Waals surface area contributed by atoms with Crippen molar-refractivity contribution in [3.8, 4) is 17.6 Å². The summed E-state index contributed by atoms with van der Waals surface area (Å²) in [5.74, 6) is 1.38. The normalized spacial score (nSPS) is 10.9. The van der Waals surface area contributed by atoms with Crippen LogP contribution in [0.5, 0.6) is 5.75 Å². The van der Waals surface area contributed by atoms with Gasteiger partial charge in [0.15, 0.2) is 18.2 Å². The molecule has 0 N–H and O–H groups in total. The first-order chi connectivity index (χ1) is 15.3. The second kappa shape index (κ2) is 15.3. The summed E-state index contributed by atoms with van der Waals surface area (Å²) in [5.41, 5.74) is -1.53. The molecule has 0 unspecified atom stereocenters. The van der Waals surface area contributed by atoms with E-state index in [0.29, 0.717) is 6.07 Å². The van der Waals surface area contributed by atoms with Crippen molar-refractivity contribution < 1.29 is 36.6 Å². The third-order valence-corrected chi connectivity index (χ3v) is 4.61. The molecule has 178 valence electrons. The minimum Gasteiger partial charge on any atom is -0.452 e. The van der Waals surface area contributed by atoms with Gasteiger partial charge in [-0.15, -0.1) is 0 Å². The van der Waals surface area contributed by atoms with Crippen LogP contribution in [0, 0.1) is 17.7 Å². The van der Waals surface area contributed by atoms with E-state index in [-0.39, 0.29) is 13.0 Å². The number of hydrogen-bond acceptors (Lipinski definition) is 4. The maximum absolute atomic E-state index is 13.8. The van der Waals surface area contributed by atoms with Crippen molar-refractivity contribution in [3.63, 3.8) is 0 Å². The Morgan fingerprint density at radius 2 is 1.53 bits per heavy atom. The second-order valence-corrected chi connectivity index (χ2v) is 7.33. The molecule has 0 saturated carbocycles. The molecule has 0 amide bonds. The van der Waals surface area contributed by atoms with Crippen molar-refractivity contribution >= 4 is 11.9 Å². The fraction of sp³-hybridized carbons (Fsp3) is 0.583. The van der Waals surface area contributed by atoms with E-state index in [0.717, 1.165) is 31.4 Å². The Hall–Kier alpha value is -2.56. The molecule has 0 spiro atoms. The second-order valence-electron chi connectivity index (χ2n) is 7.33. The number of ether oxygens (including phenoxy) is 2. The maximum atomic E-state index is 13.8. The highest BCUT2D eigenvalue weighted by Gasteiger charge is 2.35. The summed E-state index contributed by atoms with van der Waals surface area (Å²) in [6.07, 6.45) is 4.66. The Kier molecular flexibility index (Phi) is 13.1. The van der Waals surface area contributed by atoms with Gasteiger partial charge in [-0.3, -0.25) is 9.59 Å².